The van der Waals surface area contributed by atoms with E-state index in [-0.39, 0.29) is 56.3 Å². The second-order valence-electron chi connectivity index (χ2n) is 7.83. The number of hydrogen-bond acceptors (Lipinski definition) is 8. The highest BCUT2D eigenvalue weighted by Gasteiger charge is 2.35. The number of rotatable bonds is 7. The molecule has 0 atom stereocenters. The van der Waals surface area contributed by atoms with Gasteiger partial charge in [-0.1, -0.05) is 0 Å². The van der Waals surface area contributed by atoms with Crippen molar-refractivity contribution in [1.82, 2.24) is 25.3 Å². The zero-order valence-electron chi connectivity index (χ0n) is 19.8. The molecule has 39 heavy (non-hydrogen) atoms. The first-order chi connectivity index (χ1) is 18.5. The number of thiazole rings is 1. The lowest BCUT2D eigenvalue weighted by atomic mass is 9.94. The van der Waals surface area contributed by atoms with Crippen LogP contribution in [-0.2, 0) is 6.18 Å². The number of anilines is 1. The Balaban J connectivity index is 2.10. The molecule has 4 rings (SSSR count). The lowest BCUT2D eigenvalue weighted by Crippen LogP contribution is -2.29. The molecule has 0 radical (unpaired) electrons. The number of halogens is 3. The number of carboxylic acid groups (broad SMARTS) is 2. The first-order valence-corrected chi connectivity index (χ1v) is 11.9. The minimum Gasteiger partial charge on any atom is -0.478 e. The minimum atomic E-state index is -4.76. The monoisotopic (exact) mass is 558 g/mol. The standard InChI is InChI=1S/C24H17F3N6O5S/c1-2-30-23(38)33-19-17(12-4-14(22(36)37)8-29-6-12)18(20-32-16(10-39-20)24(25,26)27)15(9-31-19)11-3-13(21(34)35)7-28-5-11/h3-10H,2H2,1H3,(H,34,35)(H,36,37)(H2,30,31,33,38). The van der Waals surface area contributed by atoms with Gasteiger partial charge in [-0.05, 0) is 19.1 Å². The number of nitrogens with one attached hydrogen (secondary N) is 2. The van der Waals surface area contributed by atoms with E-state index in [4.69, 9.17) is 0 Å². The van der Waals surface area contributed by atoms with Crippen molar-refractivity contribution in [2.24, 2.45) is 0 Å². The molecular formula is C24H17F3N6O5S. The molecule has 0 spiro atoms. The third kappa shape index (κ3) is 5.82. The maximum absolute atomic E-state index is 13.5. The van der Waals surface area contributed by atoms with Gasteiger partial charge < -0.3 is 15.5 Å². The maximum atomic E-state index is 13.5. The number of nitrogens with zero attached hydrogens (tertiary/aromatic N) is 4. The first kappa shape index (κ1) is 27.1. The van der Waals surface area contributed by atoms with Gasteiger partial charge in [0, 0.05) is 70.7 Å². The molecule has 11 nitrogen and oxygen atoms in total. The minimum absolute atomic E-state index is 0.0122. The van der Waals surface area contributed by atoms with Crippen LogP contribution < -0.4 is 10.6 Å². The Hall–Kier alpha value is -4.92. The molecule has 0 saturated carbocycles. The molecular weight excluding hydrogens is 541 g/mol. The number of hydrogen-bond donors (Lipinski definition) is 4. The zero-order valence-corrected chi connectivity index (χ0v) is 20.6. The van der Waals surface area contributed by atoms with Crippen molar-refractivity contribution in [2.45, 2.75) is 13.1 Å². The number of pyridine rings is 3. The van der Waals surface area contributed by atoms with E-state index in [0.717, 1.165) is 17.8 Å². The molecule has 200 valence electrons. The van der Waals surface area contributed by atoms with Gasteiger partial charge in [0.15, 0.2) is 5.69 Å². The fraction of sp³-hybridized carbons (Fsp3) is 0.125. The van der Waals surface area contributed by atoms with Crippen molar-refractivity contribution in [2.75, 3.05) is 11.9 Å². The van der Waals surface area contributed by atoms with Crippen molar-refractivity contribution < 1.29 is 37.8 Å². The van der Waals surface area contributed by atoms with Gasteiger partial charge in [-0.3, -0.25) is 15.3 Å². The van der Waals surface area contributed by atoms with Gasteiger partial charge >= 0.3 is 24.1 Å². The van der Waals surface area contributed by atoms with Crippen molar-refractivity contribution in [3.63, 3.8) is 0 Å². The van der Waals surface area contributed by atoms with Crippen LogP contribution in [0, 0.1) is 0 Å². The Bertz CT molecular complexity index is 1590. The van der Waals surface area contributed by atoms with E-state index >= 15 is 0 Å². The summed E-state index contributed by atoms with van der Waals surface area (Å²) in [5, 5.41) is 24.6. The molecule has 4 heterocycles. The van der Waals surface area contributed by atoms with Crippen molar-refractivity contribution in [3.8, 4) is 32.8 Å². The van der Waals surface area contributed by atoms with Crippen LogP contribution in [0.3, 0.4) is 0 Å². The molecule has 0 aliphatic carbocycles. The molecule has 2 amide bonds. The predicted molar refractivity (Wildman–Crippen MR) is 133 cm³/mol. The van der Waals surface area contributed by atoms with Crippen molar-refractivity contribution in [3.05, 3.63) is 65.3 Å². The number of amides is 2. The van der Waals surface area contributed by atoms with Crippen LogP contribution in [0.4, 0.5) is 23.8 Å². The topological polar surface area (TPSA) is 167 Å². The average molecular weight is 558 g/mol. The molecule has 0 unspecified atom stereocenters. The molecule has 4 aromatic rings. The molecule has 15 heteroatoms. The number of urea groups is 1. The SMILES string of the molecule is CCNC(=O)Nc1ncc(-c2cncc(C(=O)O)c2)c(-c2nc(C(F)(F)F)cs2)c1-c1cncc(C(=O)O)c1. The van der Waals surface area contributed by atoms with E-state index in [9.17, 15) is 37.8 Å². The Kier molecular flexibility index (Phi) is 7.53. The highest BCUT2D eigenvalue weighted by molar-refractivity contribution is 7.13. The van der Waals surface area contributed by atoms with Crippen LogP contribution in [0.25, 0.3) is 32.8 Å². The molecule has 0 bridgehead atoms. The van der Waals surface area contributed by atoms with Crippen molar-refractivity contribution >= 4 is 35.1 Å². The normalized spacial score (nSPS) is 11.2. The summed E-state index contributed by atoms with van der Waals surface area (Å²) in [7, 11) is 0. The largest absolute Gasteiger partial charge is 0.478 e. The summed E-state index contributed by atoms with van der Waals surface area (Å²) in [5.74, 6) is -2.74. The van der Waals surface area contributed by atoms with E-state index in [0.29, 0.717) is 11.3 Å². The summed E-state index contributed by atoms with van der Waals surface area (Å²) in [6.45, 7) is 1.91. The Morgan fingerprint density at radius 3 is 2.10 bits per heavy atom. The van der Waals surface area contributed by atoms with Crippen LogP contribution >= 0.6 is 11.3 Å². The van der Waals surface area contributed by atoms with E-state index in [1.165, 1.54) is 30.7 Å². The highest BCUT2D eigenvalue weighted by atomic mass is 32.1. The van der Waals surface area contributed by atoms with Crippen LogP contribution in [0.5, 0.6) is 0 Å². The van der Waals surface area contributed by atoms with E-state index < -0.39 is 29.8 Å². The summed E-state index contributed by atoms with van der Waals surface area (Å²) in [5.41, 5.74) is -1.18. The van der Waals surface area contributed by atoms with Gasteiger partial charge in [0.2, 0.25) is 0 Å². The van der Waals surface area contributed by atoms with Crippen LogP contribution in [-0.4, -0.2) is 54.7 Å². The van der Waals surface area contributed by atoms with E-state index in [2.05, 4.69) is 30.6 Å². The molecule has 0 fully saturated rings. The Morgan fingerprint density at radius 2 is 1.54 bits per heavy atom. The number of alkyl halides is 3. The third-order valence-corrected chi connectivity index (χ3v) is 6.09. The molecule has 0 aliphatic heterocycles. The van der Waals surface area contributed by atoms with Crippen LogP contribution in [0.1, 0.15) is 33.3 Å². The summed E-state index contributed by atoms with van der Waals surface area (Å²) < 4.78 is 40.5. The van der Waals surface area contributed by atoms with Gasteiger partial charge in [0.25, 0.3) is 0 Å². The van der Waals surface area contributed by atoms with Crippen molar-refractivity contribution in [1.29, 1.82) is 0 Å². The van der Waals surface area contributed by atoms with E-state index in [1.807, 2.05) is 0 Å². The lowest BCUT2D eigenvalue weighted by molar-refractivity contribution is -0.140. The van der Waals surface area contributed by atoms with Crippen LogP contribution in [0.15, 0.2) is 48.5 Å². The smallest absolute Gasteiger partial charge is 0.434 e. The van der Waals surface area contributed by atoms with Gasteiger partial charge in [0.05, 0.1) is 11.1 Å². The molecule has 0 aliphatic rings. The number of carbonyl (C=O) groups is 3. The molecule has 0 aromatic carbocycles. The molecule has 0 saturated heterocycles. The maximum Gasteiger partial charge on any atom is 0.434 e. The van der Waals surface area contributed by atoms with Gasteiger partial charge in [-0.15, -0.1) is 11.3 Å². The summed E-state index contributed by atoms with van der Waals surface area (Å²) in [4.78, 5) is 51.5. The Morgan fingerprint density at radius 1 is 0.923 bits per heavy atom. The second-order valence-corrected chi connectivity index (χ2v) is 8.68. The number of carboxylic acids is 2. The van der Waals surface area contributed by atoms with E-state index in [1.54, 1.807) is 6.92 Å². The average Bonchev–Trinajstić information content (AvgIpc) is 3.39. The van der Waals surface area contributed by atoms with Gasteiger partial charge in [0.1, 0.15) is 10.8 Å². The summed E-state index contributed by atoms with van der Waals surface area (Å²) in [6, 6.07) is 1.78. The second kappa shape index (κ2) is 10.8. The zero-order chi connectivity index (χ0) is 28.3. The summed E-state index contributed by atoms with van der Waals surface area (Å²) in [6.07, 6.45) is 1.18. The van der Waals surface area contributed by atoms with Crippen LogP contribution in [0.2, 0.25) is 0 Å². The first-order valence-electron chi connectivity index (χ1n) is 11.0. The predicted octanol–water partition coefficient (Wildman–Crippen LogP) is 4.89. The number of aromatic nitrogens is 4. The number of aromatic carboxylic acids is 2. The number of carbonyl (C=O) groups excluding carboxylic acids is 1. The van der Waals surface area contributed by atoms with Gasteiger partial charge in [-0.25, -0.2) is 24.4 Å². The Labute approximate surface area is 221 Å². The highest BCUT2D eigenvalue weighted by Crippen LogP contribution is 2.45. The third-order valence-electron chi connectivity index (χ3n) is 5.23. The fourth-order valence-corrected chi connectivity index (χ4v) is 4.45. The summed E-state index contributed by atoms with van der Waals surface area (Å²) >= 11 is 0.645. The molecule has 4 aromatic heterocycles. The quantitative estimate of drug-likeness (QED) is 0.247. The lowest BCUT2D eigenvalue weighted by Gasteiger charge is -2.18. The van der Waals surface area contributed by atoms with Gasteiger partial charge in [-0.2, -0.15) is 13.2 Å². The molecule has 4 N–H and O–H groups in total. The fourth-order valence-electron chi connectivity index (χ4n) is 3.56.